The smallest absolute Gasteiger partial charge is 0.137 e. The van der Waals surface area contributed by atoms with Crippen LogP contribution in [0.25, 0.3) is 11.0 Å². The summed E-state index contributed by atoms with van der Waals surface area (Å²) in [4.78, 5) is 10.5. The third-order valence-electron chi connectivity index (χ3n) is 5.37. The summed E-state index contributed by atoms with van der Waals surface area (Å²) in [5.74, 6) is 0. The van der Waals surface area contributed by atoms with Gasteiger partial charge < -0.3 is 10.3 Å². The molecule has 4 rings (SSSR count). The molecule has 1 saturated carbocycles. The van der Waals surface area contributed by atoms with E-state index in [9.17, 15) is 0 Å². The van der Waals surface area contributed by atoms with Crippen LogP contribution in [-0.4, -0.2) is 40.0 Å². The Morgan fingerprint density at radius 3 is 3.05 bits per heavy atom. The molecule has 1 spiro atoms. The molecule has 2 aromatic rings. The Bertz CT molecular complexity index is 604. The second-order valence-electron chi connectivity index (χ2n) is 6.60. The van der Waals surface area contributed by atoms with Crippen molar-refractivity contribution in [1.82, 2.24) is 20.2 Å². The third-order valence-corrected chi connectivity index (χ3v) is 5.37. The molecule has 1 aliphatic heterocycles. The first-order chi connectivity index (χ1) is 10.4. The second kappa shape index (κ2) is 5.43. The fourth-order valence-electron chi connectivity index (χ4n) is 4.18. The molecule has 0 amide bonds. The summed E-state index contributed by atoms with van der Waals surface area (Å²) < 4.78 is 0. The zero-order chi connectivity index (χ0) is 14.1. The summed E-state index contributed by atoms with van der Waals surface area (Å²) in [6, 6.07) is 4.22. The van der Waals surface area contributed by atoms with E-state index in [1.54, 1.807) is 0 Å². The highest BCUT2D eigenvalue weighted by Crippen LogP contribution is 2.36. The van der Waals surface area contributed by atoms with Crippen LogP contribution in [-0.2, 0) is 6.54 Å². The van der Waals surface area contributed by atoms with Crippen molar-refractivity contribution in [1.29, 1.82) is 0 Å². The van der Waals surface area contributed by atoms with E-state index in [4.69, 9.17) is 0 Å². The van der Waals surface area contributed by atoms with Crippen LogP contribution in [0.1, 0.15) is 37.7 Å². The van der Waals surface area contributed by atoms with Gasteiger partial charge in [0.25, 0.3) is 0 Å². The first kappa shape index (κ1) is 13.3. The zero-order valence-corrected chi connectivity index (χ0v) is 12.6. The first-order valence-electron chi connectivity index (χ1n) is 8.24. The van der Waals surface area contributed by atoms with E-state index in [0.29, 0.717) is 5.54 Å². The number of hydrogen-bond donors (Lipinski definition) is 2. The van der Waals surface area contributed by atoms with Crippen LogP contribution < -0.4 is 5.32 Å². The van der Waals surface area contributed by atoms with E-state index in [1.807, 2.05) is 12.3 Å². The van der Waals surface area contributed by atoms with Crippen molar-refractivity contribution in [2.45, 2.75) is 44.2 Å². The van der Waals surface area contributed by atoms with Gasteiger partial charge in [-0.1, -0.05) is 19.3 Å². The molecule has 1 aliphatic carbocycles. The highest BCUT2D eigenvalue weighted by Gasteiger charge is 2.39. The van der Waals surface area contributed by atoms with E-state index < -0.39 is 0 Å². The standard InChI is InChI=1S/C17H24N4/c1-2-6-17(7-3-1)13-18-9-10-21(17)12-14-11-20-16-15(14)5-4-8-19-16/h4-5,8,11,18H,1-3,6-7,9-10,12-13H2,(H,19,20). The third kappa shape index (κ3) is 2.36. The van der Waals surface area contributed by atoms with Gasteiger partial charge in [-0.25, -0.2) is 4.98 Å². The number of aromatic nitrogens is 2. The molecule has 2 fully saturated rings. The van der Waals surface area contributed by atoms with E-state index >= 15 is 0 Å². The lowest BCUT2D eigenvalue weighted by atomic mass is 9.79. The number of pyridine rings is 1. The molecular weight excluding hydrogens is 260 g/mol. The van der Waals surface area contributed by atoms with Crippen LogP contribution in [0, 0.1) is 0 Å². The molecule has 2 N–H and O–H groups in total. The number of aromatic amines is 1. The van der Waals surface area contributed by atoms with Crippen LogP contribution in [0.5, 0.6) is 0 Å². The van der Waals surface area contributed by atoms with Gasteiger partial charge in [0.15, 0.2) is 0 Å². The summed E-state index contributed by atoms with van der Waals surface area (Å²) >= 11 is 0. The second-order valence-corrected chi connectivity index (χ2v) is 6.60. The highest BCUT2D eigenvalue weighted by molar-refractivity contribution is 5.79. The molecule has 0 radical (unpaired) electrons. The van der Waals surface area contributed by atoms with Crippen LogP contribution in [0.2, 0.25) is 0 Å². The molecule has 4 nitrogen and oxygen atoms in total. The minimum Gasteiger partial charge on any atom is -0.346 e. The Labute approximate surface area is 125 Å². The summed E-state index contributed by atoms with van der Waals surface area (Å²) in [5.41, 5.74) is 2.80. The average Bonchev–Trinajstić information content (AvgIpc) is 2.94. The lowest BCUT2D eigenvalue weighted by molar-refractivity contribution is 0.0212. The van der Waals surface area contributed by atoms with Gasteiger partial charge in [-0.15, -0.1) is 0 Å². The maximum Gasteiger partial charge on any atom is 0.137 e. The van der Waals surface area contributed by atoms with Gasteiger partial charge in [0.2, 0.25) is 0 Å². The number of hydrogen-bond acceptors (Lipinski definition) is 3. The Hall–Kier alpha value is -1.39. The summed E-state index contributed by atoms with van der Waals surface area (Å²) in [6.45, 7) is 4.48. The van der Waals surface area contributed by atoms with Crippen molar-refractivity contribution < 1.29 is 0 Å². The lowest BCUT2D eigenvalue weighted by Gasteiger charge is -2.50. The maximum atomic E-state index is 4.41. The molecule has 0 atom stereocenters. The molecule has 3 heterocycles. The first-order valence-corrected chi connectivity index (χ1v) is 8.24. The Morgan fingerprint density at radius 2 is 2.14 bits per heavy atom. The molecule has 21 heavy (non-hydrogen) atoms. The number of nitrogens with zero attached hydrogens (tertiary/aromatic N) is 2. The highest BCUT2D eigenvalue weighted by atomic mass is 15.3. The fraction of sp³-hybridized carbons (Fsp3) is 0.588. The number of nitrogens with one attached hydrogen (secondary N) is 2. The molecule has 0 bridgehead atoms. The minimum absolute atomic E-state index is 0.391. The van der Waals surface area contributed by atoms with Gasteiger partial charge in [0, 0.05) is 49.5 Å². The zero-order valence-electron chi connectivity index (χ0n) is 12.6. The quantitative estimate of drug-likeness (QED) is 0.891. The Kier molecular flexibility index (Phi) is 3.43. The molecule has 2 aromatic heterocycles. The van der Waals surface area contributed by atoms with Gasteiger partial charge in [-0.05, 0) is 30.5 Å². The largest absolute Gasteiger partial charge is 0.346 e. The Balaban J connectivity index is 1.62. The molecule has 0 aromatic carbocycles. The number of rotatable bonds is 2. The molecule has 112 valence electrons. The molecular formula is C17H24N4. The van der Waals surface area contributed by atoms with Crippen molar-refractivity contribution in [3.8, 4) is 0 Å². The van der Waals surface area contributed by atoms with Gasteiger partial charge in [0.05, 0.1) is 0 Å². The lowest BCUT2D eigenvalue weighted by Crippen LogP contribution is -2.61. The van der Waals surface area contributed by atoms with Crippen molar-refractivity contribution >= 4 is 11.0 Å². The van der Waals surface area contributed by atoms with E-state index in [1.165, 1.54) is 43.1 Å². The van der Waals surface area contributed by atoms with Crippen molar-refractivity contribution in [3.63, 3.8) is 0 Å². The monoisotopic (exact) mass is 284 g/mol. The Morgan fingerprint density at radius 1 is 1.24 bits per heavy atom. The van der Waals surface area contributed by atoms with E-state index in [-0.39, 0.29) is 0 Å². The fourth-order valence-corrected chi connectivity index (χ4v) is 4.18. The average molecular weight is 284 g/mol. The van der Waals surface area contributed by atoms with Crippen molar-refractivity contribution in [2.75, 3.05) is 19.6 Å². The van der Waals surface area contributed by atoms with Gasteiger partial charge in [0.1, 0.15) is 5.65 Å². The number of piperazine rings is 1. The van der Waals surface area contributed by atoms with E-state index in [0.717, 1.165) is 31.8 Å². The van der Waals surface area contributed by atoms with Crippen LogP contribution >= 0.6 is 0 Å². The van der Waals surface area contributed by atoms with Gasteiger partial charge in [-0.3, -0.25) is 4.90 Å². The predicted molar refractivity (Wildman–Crippen MR) is 85.2 cm³/mol. The van der Waals surface area contributed by atoms with Crippen LogP contribution in [0.15, 0.2) is 24.5 Å². The number of fused-ring (bicyclic) bond motifs is 1. The molecule has 0 unspecified atom stereocenters. The molecule has 4 heteroatoms. The van der Waals surface area contributed by atoms with Crippen molar-refractivity contribution in [3.05, 3.63) is 30.1 Å². The van der Waals surface area contributed by atoms with Gasteiger partial charge in [-0.2, -0.15) is 0 Å². The summed E-state index contributed by atoms with van der Waals surface area (Å²) in [5, 5.41) is 4.91. The summed E-state index contributed by atoms with van der Waals surface area (Å²) in [6.07, 6.45) is 10.9. The predicted octanol–water partition coefficient (Wildman–Crippen LogP) is 2.67. The normalized spacial score (nSPS) is 22.9. The molecule has 1 saturated heterocycles. The van der Waals surface area contributed by atoms with Crippen LogP contribution in [0.3, 0.4) is 0 Å². The minimum atomic E-state index is 0.391. The molecule has 2 aliphatic rings. The van der Waals surface area contributed by atoms with Crippen molar-refractivity contribution in [2.24, 2.45) is 0 Å². The summed E-state index contributed by atoms with van der Waals surface area (Å²) in [7, 11) is 0. The SMILES string of the molecule is c1cnc2[nH]cc(CN3CCNCC34CCCCC4)c2c1. The topological polar surface area (TPSA) is 44.0 Å². The van der Waals surface area contributed by atoms with Gasteiger partial charge >= 0.3 is 0 Å². The van der Waals surface area contributed by atoms with E-state index in [2.05, 4.69) is 32.4 Å². The number of H-pyrrole nitrogens is 1. The van der Waals surface area contributed by atoms with Crippen LogP contribution in [0.4, 0.5) is 0 Å². The maximum absolute atomic E-state index is 4.41.